The molecule has 2 aromatic heterocycles. The van der Waals surface area contributed by atoms with Crippen molar-refractivity contribution in [2.75, 3.05) is 44.7 Å². The minimum Gasteiger partial charge on any atom is -0.464 e. The number of amides is 1. The van der Waals surface area contributed by atoms with Gasteiger partial charge in [-0.25, -0.2) is 9.97 Å². The van der Waals surface area contributed by atoms with Gasteiger partial charge < -0.3 is 14.2 Å². The molecule has 3 heterocycles. The van der Waals surface area contributed by atoms with Crippen molar-refractivity contribution in [3.63, 3.8) is 0 Å². The van der Waals surface area contributed by atoms with Crippen LogP contribution in [-0.4, -0.2) is 65.4 Å². The van der Waals surface area contributed by atoms with Gasteiger partial charge in [0.05, 0.1) is 13.1 Å². The number of piperazine rings is 1. The maximum absolute atomic E-state index is 12.4. The molecular weight excluding hydrogens is 306 g/mol. The summed E-state index contributed by atoms with van der Waals surface area (Å²) in [5.41, 5.74) is 0. The van der Waals surface area contributed by atoms with Crippen LogP contribution in [0.2, 0.25) is 0 Å². The molecule has 0 unspecified atom stereocenters. The monoisotopic (exact) mass is 329 g/mol. The summed E-state index contributed by atoms with van der Waals surface area (Å²) in [6.07, 6.45) is 3.51. The summed E-state index contributed by atoms with van der Waals surface area (Å²) in [7, 11) is 1.81. The van der Waals surface area contributed by atoms with Crippen LogP contribution >= 0.6 is 0 Å². The zero-order valence-electron chi connectivity index (χ0n) is 14.2. The minimum atomic E-state index is 0.105. The van der Waals surface area contributed by atoms with Gasteiger partial charge in [0.15, 0.2) is 0 Å². The van der Waals surface area contributed by atoms with Crippen molar-refractivity contribution in [1.29, 1.82) is 0 Å². The molecule has 128 valence electrons. The molecule has 0 atom stereocenters. The fraction of sp³-hybridized carbons (Fsp3) is 0.471. The molecule has 1 aliphatic heterocycles. The van der Waals surface area contributed by atoms with Gasteiger partial charge in [0.25, 0.3) is 0 Å². The lowest BCUT2D eigenvalue weighted by Gasteiger charge is -2.34. The summed E-state index contributed by atoms with van der Waals surface area (Å²) in [5, 5.41) is 0. The van der Waals surface area contributed by atoms with Crippen molar-refractivity contribution in [2.45, 2.75) is 13.5 Å². The summed E-state index contributed by atoms with van der Waals surface area (Å²) >= 11 is 0. The van der Waals surface area contributed by atoms with Gasteiger partial charge in [-0.2, -0.15) is 0 Å². The normalized spacial score (nSPS) is 15.5. The summed E-state index contributed by atoms with van der Waals surface area (Å²) in [4.78, 5) is 27.0. The third-order valence-electron chi connectivity index (χ3n) is 4.18. The number of anilines is 1. The maximum Gasteiger partial charge on any atom is 0.236 e. The number of likely N-dealkylation sites (N-methyl/N-ethyl adjacent to an activating group) is 1. The number of carbonyl (C=O) groups is 1. The molecule has 0 N–H and O–H groups in total. The van der Waals surface area contributed by atoms with E-state index < -0.39 is 0 Å². The number of carbonyl (C=O) groups excluding carboxylic acids is 1. The van der Waals surface area contributed by atoms with Crippen LogP contribution in [0.15, 0.2) is 35.0 Å². The highest BCUT2D eigenvalue weighted by molar-refractivity contribution is 5.78. The minimum absolute atomic E-state index is 0.105. The Kier molecular flexibility index (Phi) is 5.10. The molecule has 7 heteroatoms. The van der Waals surface area contributed by atoms with Gasteiger partial charge in [0.2, 0.25) is 11.9 Å². The third kappa shape index (κ3) is 4.11. The van der Waals surface area contributed by atoms with Gasteiger partial charge in [0, 0.05) is 45.6 Å². The molecule has 1 fully saturated rings. The van der Waals surface area contributed by atoms with Crippen molar-refractivity contribution < 1.29 is 9.21 Å². The first kappa shape index (κ1) is 16.4. The Bertz CT molecular complexity index is 665. The van der Waals surface area contributed by atoms with E-state index in [1.165, 1.54) is 0 Å². The van der Waals surface area contributed by atoms with E-state index in [0.717, 1.165) is 43.6 Å². The molecule has 1 amide bonds. The standard InChI is InChI=1S/C17H23N5O2/c1-14-4-5-15(24-14)12-20(2)16(23)13-21-8-10-22(11-9-21)17-18-6-3-7-19-17/h3-7H,8-13H2,1-2H3. The van der Waals surface area contributed by atoms with Crippen LogP contribution in [-0.2, 0) is 11.3 Å². The third-order valence-corrected chi connectivity index (χ3v) is 4.18. The molecule has 0 bridgehead atoms. The lowest BCUT2D eigenvalue weighted by atomic mass is 10.3. The Labute approximate surface area is 141 Å². The number of furan rings is 1. The number of aryl methyl sites for hydroxylation is 1. The molecule has 0 aliphatic carbocycles. The quantitative estimate of drug-likeness (QED) is 0.820. The Morgan fingerprint density at radius 1 is 1.21 bits per heavy atom. The molecular formula is C17H23N5O2. The van der Waals surface area contributed by atoms with E-state index in [-0.39, 0.29) is 5.91 Å². The van der Waals surface area contributed by atoms with Crippen LogP contribution in [0.25, 0.3) is 0 Å². The fourth-order valence-corrected chi connectivity index (χ4v) is 2.76. The van der Waals surface area contributed by atoms with Crippen LogP contribution in [0.1, 0.15) is 11.5 Å². The van der Waals surface area contributed by atoms with Crippen molar-refractivity contribution in [3.8, 4) is 0 Å². The van der Waals surface area contributed by atoms with Crippen LogP contribution in [0.4, 0.5) is 5.95 Å². The Balaban J connectivity index is 1.46. The van der Waals surface area contributed by atoms with Crippen LogP contribution in [0.3, 0.4) is 0 Å². The Morgan fingerprint density at radius 3 is 2.54 bits per heavy atom. The first-order valence-electron chi connectivity index (χ1n) is 8.15. The average Bonchev–Trinajstić information content (AvgIpc) is 3.01. The second-order valence-corrected chi connectivity index (χ2v) is 6.07. The molecule has 0 aromatic carbocycles. The van der Waals surface area contributed by atoms with E-state index in [1.54, 1.807) is 17.3 Å². The second kappa shape index (κ2) is 7.44. The summed E-state index contributed by atoms with van der Waals surface area (Å²) in [6, 6.07) is 5.64. The van der Waals surface area contributed by atoms with Crippen molar-refractivity contribution >= 4 is 11.9 Å². The number of nitrogens with zero attached hydrogens (tertiary/aromatic N) is 5. The zero-order valence-corrected chi connectivity index (χ0v) is 14.2. The highest BCUT2D eigenvalue weighted by Gasteiger charge is 2.22. The molecule has 0 radical (unpaired) electrons. The predicted octanol–water partition coefficient (Wildman–Crippen LogP) is 1.16. The lowest BCUT2D eigenvalue weighted by molar-refractivity contribution is -0.132. The van der Waals surface area contributed by atoms with Crippen molar-refractivity contribution in [1.82, 2.24) is 19.8 Å². The molecule has 24 heavy (non-hydrogen) atoms. The van der Waals surface area contributed by atoms with Gasteiger partial charge in [-0.1, -0.05) is 0 Å². The first-order valence-corrected chi connectivity index (χ1v) is 8.15. The molecule has 3 rings (SSSR count). The van der Waals surface area contributed by atoms with Crippen molar-refractivity contribution in [3.05, 3.63) is 42.1 Å². The van der Waals surface area contributed by atoms with Crippen LogP contribution in [0, 0.1) is 6.92 Å². The van der Waals surface area contributed by atoms with Crippen LogP contribution < -0.4 is 4.90 Å². The van der Waals surface area contributed by atoms with E-state index in [1.807, 2.05) is 32.2 Å². The van der Waals surface area contributed by atoms with E-state index in [2.05, 4.69) is 19.8 Å². The Morgan fingerprint density at radius 2 is 1.92 bits per heavy atom. The lowest BCUT2D eigenvalue weighted by Crippen LogP contribution is -2.50. The van der Waals surface area contributed by atoms with Gasteiger partial charge in [0.1, 0.15) is 11.5 Å². The van der Waals surface area contributed by atoms with Gasteiger partial charge in [-0.15, -0.1) is 0 Å². The largest absolute Gasteiger partial charge is 0.464 e. The summed E-state index contributed by atoms with van der Waals surface area (Å²) < 4.78 is 5.53. The first-order chi connectivity index (χ1) is 11.6. The van der Waals surface area contributed by atoms with E-state index in [4.69, 9.17) is 4.42 Å². The fourth-order valence-electron chi connectivity index (χ4n) is 2.76. The highest BCUT2D eigenvalue weighted by Crippen LogP contribution is 2.11. The second-order valence-electron chi connectivity index (χ2n) is 6.07. The maximum atomic E-state index is 12.4. The molecule has 0 spiro atoms. The smallest absolute Gasteiger partial charge is 0.236 e. The molecule has 2 aromatic rings. The van der Waals surface area contributed by atoms with Gasteiger partial charge in [-0.05, 0) is 25.1 Å². The van der Waals surface area contributed by atoms with Gasteiger partial charge >= 0.3 is 0 Å². The highest BCUT2D eigenvalue weighted by atomic mass is 16.3. The molecule has 1 saturated heterocycles. The van der Waals surface area contributed by atoms with E-state index in [9.17, 15) is 4.79 Å². The molecule has 1 aliphatic rings. The molecule has 7 nitrogen and oxygen atoms in total. The number of rotatable bonds is 5. The number of hydrogen-bond donors (Lipinski definition) is 0. The zero-order chi connectivity index (χ0) is 16.9. The summed E-state index contributed by atoms with van der Waals surface area (Å²) in [6.45, 7) is 6.16. The van der Waals surface area contributed by atoms with Crippen molar-refractivity contribution in [2.24, 2.45) is 0 Å². The van der Waals surface area contributed by atoms with Gasteiger partial charge in [-0.3, -0.25) is 9.69 Å². The summed E-state index contributed by atoms with van der Waals surface area (Å²) in [5.74, 6) is 2.54. The Hall–Kier alpha value is -2.41. The predicted molar refractivity (Wildman–Crippen MR) is 90.6 cm³/mol. The number of aromatic nitrogens is 2. The average molecular weight is 329 g/mol. The van der Waals surface area contributed by atoms with Crippen LogP contribution in [0.5, 0.6) is 0 Å². The SMILES string of the molecule is Cc1ccc(CN(C)C(=O)CN2CCN(c3ncccn3)CC2)o1. The van der Waals surface area contributed by atoms with E-state index in [0.29, 0.717) is 13.1 Å². The van der Waals surface area contributed by atoms with E-state index >= 15 is 0 Å². The molecule has 0 saturated carbocycles. The number of hydrogen-bond acceptors (Lipinski definition) is 6. The topological polar surface area (TPSA) is 65.7 Å².